The average Bonchev–Trinajstić information content (AvgIpc) is 3.08. The van der Waals surface area contributed by atoms with Crippen LogP contribution in [0.1, 0.15) is 49.1 Å². The molecule has 0 amide bonds. The van der Waals surface area contributed by atoms with Crippen LogP contribution >= 0.6 is 0 Å². The first-order valence-electron chi connectivity index (χ1n) is 16.5. The number of benzene rings is 3. The highest BCUT2D eigenvalue weighted by molar-refractivity contribution is 6.74. The molecule has 0 bridgehead atoms. The largest absolute Gasteiger partial charge is 0.497 e. The van der Waals surface area contributed by atoms with Crippen molar-refractivity contribution < 1.29 is 27.8 Å². The summed E-state index contributed by atoms with van der Waals surface area (Å²) in [5.41, 5.74) is 0.441. The Hall–Kier alpha value is -4.03. The van der Waals surface area contributed by atoms with E-state index in [4.69, 9.17) is 23.4 Å². The summed E-state index contributed by atoms with van der Waals surface area (Å²) in [5, 5.41) is -0.240. The van der Waals surface area contributed by atoms with Crippen molar-refractivity contribution in [3.05, 3.63) is 128 Å². The fraction of sp³-hybridized carbons (Fsp3) is 0.421. The van der Waals surface area contributed by atoms with Crippen molar-refractivity contribution in [2.24, 2.45) is 0 Å². The van der Waals surface area contributed by atoms with Crippen LogP contribution < -0.4 is 20.7 Å². The van der Waals surface area contributed by atoms with Crippen molar-refractivity contribution in [1.29, 1.82) is 0 Å². The number of nitrogens with one attached hydrogen (secondary N) is 1. The molecule has 4 atom stereocenters. The fourth-order valence-corrected chi connectivity index (χ4v) is 7.30. The van der Waals surface area contributed by atoms with Gasteiger partial charge in [0, 0.05) is 11.8 Å². The second-order valence-electron chi connectivity index (χ2n) is 14.0. The van der Waals surface area contributed by atoms with Crippen LogP contribution in [0, 0.1) is 6.92 Å². The number of aryl methyl sites for hydroxylation is 1. The summed E-state index contributed by atoms with van der Waals surface area (Å²) in [7, 11) is 0.657. The number of halogens is 1. The van der Waals surface area contributed by atoms with Gasteiger partial charge in [-0.1, -0.05) is 75.4 Å². The van der Waals surface area contributed by atoms with Gasteiger partial charge in [0.1, 0.15) is 29.3 Å². The van der Waals surface area contributed by atoms with Gasteiger partial charge in [0.25, 0.3) is 5.56 Å². The van der Waals surface area contributed by atoms with Crippen molar-refractivity contribution in [2.75, 3.05) is 27.4 Å². The lowest BCUT2D eigenvalue weighted by Gasteiger charge is -2.46. The fourth-order valence-electron chi connectivity index (χ4n) is 5.98. The van der Waals surface area contributed by atoms with E-state index < -0.39 is 49.6 Å². The molecule has 0 saturated carbocycles. The number of aromatic nitrogens is 2. The summed E-state index contributed by atoms with van der Waals surface area (Å²) in [5.74, 6) is 1.39. The van der Waals surface area contributed by atoms with Gasteiger partial charge < -0.3 is 23.4 Å². The van der Waals surface area contributed by atoms with Crippen molar-refractivity contribution in [3.63, 3.8) is 0 Å². The number of hydrogen-bond acceptors (Lipinski definition) is 7. The zero-order chi connectivity index (χ0) is 35.6. The Morgan fingerprint density at radius 3 is 1.92 bits per heavy atom. The molecular formula is C38H47FN2O7Si. The Kier molecular flexibility index (Phi) is 10.7. The first-order chi connectivity index (χ1) is 23.2. The van der Waals surface area contributed by atoms with Gasteiger partial charge in [-0.25, -0.2) is 9.18 Å². The van der Waals surface area contributed by atoms with Gasteiger partial charge in [0.15, 0.2) is 14.5 Å². The van der Waals surface area contributed by atoms with Crippen LogP contribution in [0.4, 0.5) is 4.39 Å². The maximum Gasteiger partial charge on any atom is 0.328 e. The maximum atomic E-state index is 17.0. The van der Waals surface area contributed by atoms with Crippen LogP contribution in [0.3, 0.4) is 0 Å². The molecule has 0 aliphatic carbocycles. The third-order valence-corrected chi connectivity index (χ3v) is 14.4. The molecule has 2 heterocycles. The van der Waals surface area contributed by atoms with Crippen LogP contribution in [0.25, 0.3) is 0 Å². The molecule has 262 valence electrons. The van der Waals surface area contributed by atoms with E-state index in [1.165, 1.54) is 10.8 Å². The van der Waals surface area contributed by atoms with Crippen molar-refractivity contribution in [2.45, 2.75) is 75.8 Å². The van der Waals surface area contributed by atoms with Gasteiger partial charge in [-0.3, -0.25) is 14.3 Å². The summed E-state index contributed by atoms with van der Waals surface area (Å²) < 4.78 is 49.5. The second kappa shape index (κ2) is 14.4. The van der Waals surface area contributed by atoms with E-state index in [0.717, 1.165) is 16.7 Å². The molecule has 1 saturated heterocycles. The molecule has 1 N–H and O–H groups in total. The second-order valence-corrected chi connectivity index (χ2v) is 18.8. The SMILES string of the molecule is COc1ccc(C(OC[C@H]2OC[C@@H](n3cc(C)c(=O)[nH]c3=O)[C@H](F)[C@@H]2O[Si](C)(C)C(C)(C)C)(c2ccccc2)c2ccc(OC)cc2)cc1. The number of alkyl halides is 1. The Morgan fingerprint density at radius 1 is 0.878 bits per heavy atom. The molecule has 5 rings (SSSR count). The van der Waals surface area contributed by atoms with E-state index in [0.29, 0.717) is 17.1 Å². The quantitative estimate of drug-likeness (QED) is 0.141. The molecule has 3 aromatic carbocycles. The maximum absolute atomic E-state index is 17.0. The Labute approximate surface area is 288 Å². The minimum Gasteiger partial charge on any atom is -0.497 e. The van der Waals surface area contributed by atoms with E-state index in [1.807, 2.05) is 78.9 Å². The first-order valence-corrected chi connectivity index (χ1v) is 19.4. The summed E-state index contributed by atoms with van der Waals surface area (Å²) in [4.78, 5) is 27.3. The van der Waals surface area contributed by atoms with Gasteiger partial charge >= 0.3 is 5.69 Å². The number of H-pyrrole nitrogens is 1. The van der Waals surface area contributed by atoms with Crippen LogP contribution in [-0.2, 0) is 19.5 Å². The topological polar surface area (TPSA) is 101 Å². The van der Waals surface area contributed by atoms with E-state index >= 15 is 4.39 Å². The molecular weight excluding hydrogens is 644 g/mol. The van der Waals surface area contributed by atoms with Gasteiger partial charge in [-0.05, 0) is 66.0 Å². The van der Waals surface area contributed by atoms with E-state index in [1.54, 1.807) is 21.1 Å². The highest BCUT2D eigenvalue weighted by Gasteiger charge is 2.50. The molecule has 0 spiro atoms. The molecule has 1 aliphatic rings. The third kappa shape index (κ3) is 7.30. The first kappa shape index (κ1) is 36.3. The van der Waals surface area contributed by atoms with E-state index in [2.05, 4.69) is 38.8 Å². The lowest BCUT2D eigenvalue weighted by molar-refractivity contribution is -0.164. The van der Waals surface area contributed by atoms with Crippen molar-refractivity contribution in [1.82, 2.24) is 9.55 Å². The number of hydrogen-bond donors (Lipinski definition) is 1. The highest BCUT2D eigenvalue weighted by atomic mass is 28.4. The zero-order valence-corrected chi connectivity index (χ0v) is 30.5. The summed E-state index contributed by atoms with van der Waals surface area (Å²) in [6.07, 6.45) is -2.17. The molecule has 0 radical (unpaired) electrons. The predicted octanol–water partition coefficient (Wildman–Crippen LogP) is 6.54. The van der Waals surface area contributed by atoms with Crippen LogP contribution in [-0.4, -0.2) is 63.7 Å². The lowest BCUT2D eigenvalue weighted by Crippen LogP contribution is -2.58. The number of nitrogens with zero attached hydrogens (tertiary/aromatic N) is 1. The van der Waals surface area contributed by atoms with Crippen LogP contribution in [0.2, 0.25) is 18.1 Å². The Morgan fingerprint density at radius 2 is 1.41 bits per heavy atom. The standard InChI is InChI=1S/C38H47FN2O7Si/c1-25-22-41(36(43)40-35(25)42)31-23-46-32(34(33(31)39)48-49(7,8)37(2,3)4)24-47-38(26-12-10-9-11-13-26,27-14-18-29(44-5)19-15-27)28-16-20-30(45-6)21-17-28/h9-22,31-34H,23-24H2,1-8H3,(H,40,42,43)/t31-,32-,33+,34-/m1/s1. The minimum atomic E-state index is -2.58. The van der Waals surface area contributed by atoms with Crippen molar-refractivity contribution >= 4 is 8.32 Å². The van der Waals surface area contributed by atoms with Gasteiger partial charge in [-0.15, -0.1) is 0 Å². The van der Waals surface area contributed by atoms with E-state index in [9.17, 15) is 9.59 Å². The molecule has 1 aromatic heterocycles. The number of aromatic amines is 1. The Balaban J connectivity index is 1.60. The molecule has 11 heteroatoms. The molecule has 9 nitrogen and oxygen atoms in total. The smallest absolute Gasteiger partial charge is 0.328 e. The van der Waals surface area contributed by atoms with E-state index in [-0.39, 0.29) is 18.3 Å². The number of rotatable bonds is 11. The third-order valence-electron chi connectivity index (χ3n) is 9.91. The monoisotopic (exact) mass is 690 g/mol. The molecule has 1 aliphatic heterocycles. The van der Waals surface area contributed by atoms with Crippen LogP contribution in [0.5, 0.6) is 11.5 Å². The zero-order valence-electron chi connectivity index (χ0n) is 29.5. The van der Waals surface area contributed by atoms with Gasteiger partial charge in [-0.2, -0.15) is 0 Å². The molecule has 1 fully saturated rings. The summed E-state index contributed by atoms with van der Waals surface area (Å²) in [6.45, 7) is 11.8. The molecule has 49 heavy (non-hydrogen) atoms. The minimum absolute atomic E-state index is 0.0427. The lowest BCUT2D eigenvalue weighted by atomic mass is 9.80. The predicted molar refractivity (Wildman–Crippen MR) is 190 cm³/mol. The van der Waals surface area contributed by atoms with Gasteiger partial charge in [0.2, 0.25) is 0 Å². The summed E-state index contributed by atoms with van der Waals surface area (Å²) >= 11 is 0. The average molecular weight is 691 g/mol. The highest BCUT2D eigenvalue weighted by Crippen LogP contribution is 2.44. The Bertz CT molecular complexity index is 1770. The van der Waals surface area contributed by atoms with Crippen LogP contribution in [0.15, 0.2) is 94.6 Å². The normalized spacial score (nSPS) is 20.2. The molecule has 0 unspecified atom stereocenters. The van der Waals surface area contributed by atoms with Gasteiger partial charge in [0.05, 0.1) is 33.5 Å². The van der Waals surface area contributed by atoms with Crippen molar-refractivity contribution in [3.8, 4) is 11.5 Å². The molecule has 4 aromatic rings. The number of ether oxygens (including phenoxy) is 4. The summed E-state index contributed by atoms with van der Waals surface area (Å²) in [6, 6.07) is 24.2. The number of methoxy groups -OCH3 is 2.